The van der Waals surface area contributed by atoms with E-state index in [-0.39, 0.29) is 11.8 Å². The summed E-state index contributed by atoms with van der Waals surface area (Å²) < 4.78 is 0. The van der Waals surface area contributed by atoms with Crippen LogP contribution in [0.3, 0.4) is 0 Å². The molecule has 11 heavy (non-hydrogen) atoms. The summed E-state index contributed by atoms with van der Waals surface area (Å²) in [5.41, 5.74) is 0. The van der Waals surface area contributed by atoms with Crippen LogP contribution in [0.2, 0.25) is 0 Å². The minimum Gasteiger partial charge on any atom is -0.318 e. The number of rotatable bonds is 3. The molecule has 0 aromatic carbocycles. The van der Waals surface area contributed by atoms with Gasteiger partial charge in [-0.25, -0.2) is 5.06 Å². The van der Waals surface area contributed by atoms with E-state index < -0.39 is 0 Å². The molecule has 1 fully saturated rings. The highest BCUT2D eigenvalue weighted by Crippen LogP contribution is 2.12. The molecule has 1 saturated heterocycles. The summed E-state index contributed by atoms with van der Waals surface area (Å²) in [7, 11) is 1.85. The molecule has 0 aliphatic carbocycles. The van der Waals surface area contributed by atoms with Gasteiger partial charge < -0.3 is 5.32 Å². The summed E-state index contributed by atoms with van der Waals surface area (Å²) >= 11 is 0. The van der Waals surface area contributed by atoms with E-state index in [1.807, 2.05) is 14.0 Å². The quantitative estimate of drug-likeness (QED) is 0.608. The highest BCUT2D eigenvalue weighted by Gasteiger charge is 2.28. The van der Waals surface area contributed by atoms with Crippen molar-refractivity contribution in [3.8, 4) is 0 Å². The Morgan fingerprint density at radius 1 is 1.82 bits per heavy atom. The fourth-order valence-corrected chi connectivity index (χ4v) is 0.971. The number of amides is 1. The molecule has 1 unspecified atom stereocenters. The van der Waals surface area contributed by atoms with E-state index in [1.54, 1.807) is 0 Å². The standard InChI is InChI=1S/C7H14N2O2/c1-6-5-11-9(7(6)10)4-3-8-2/h6,8H,3-5H2,1-2H3. The second-order valence-corrected chi connectivity index (χ2v) is 2.74. The van der Waals surface area contributed by atoms with Gasteiger partial charge in [-0.05, 0) is 7.05 Å². The molecular formula is C7H14N2O2. The molecule has 4 nitrogen and oxygen atoms in total. The first kappa shape index (κ1) is 8.49. The van der Waals surface area contributed by atoms with Gasteiger partial charge >= 0.3 is 0 Å². The SMILES string of the molecule is CNCCN1OCC(C)C1=O. The van der Waals surface area contributed by atoms with E-state index in [0.717, 1.165) is 6.54 Å². The van der Waals surface area contributed by atoms with Crippen LogP contribution in [0.1, 0.15) is 6.92 Å². The van der Waals surface area contributed by atoms with Gasteiger partial charge in [-0.15, -0.1) is 0 Å². The number of hydroxylamine groups is 2. The molecular weight excluding hydrogens is 144 g/mol. The molecule has 1 aliphatic heterocycles. The molecule has 4 heteroatoms. The van der Waals surface area contributed by atoms with E-state index in [2.05, 4.69) is 5.32 Å². The van der Waals surface area contributed by atoms with Crippen LogP contribution in [-0.2, 0) is 9.63 Å². The maximum Gasteiger partial charge on any atom is 0.251 e. The van der Waals surface area contributed by atoms with E-state index in [1.165, 1.54) is 5.06 Å². The van der Waals surface area contributed by atoms with Gasteiger partial charge in [-0.2, -0.15) is 0 Å². The topological polar surface area (TPSA) is 41.6 Å². The van der Waals surface area contributed by atoms with Crippen LogP contribution >= 0.6 is 0 Å². The van der Waals surface area contributed by atoms with Crippen LogP contribution in [0.5, 0.6) is 0 Å². The Balaban J connectivity index is 2.30. The van der Waals surface area contributed by atoms with Crippen molar-refractivity contribution in [3.05, 3.63) is 0 Å². The van der Waals surface area contributed by atoms with E-state index in [9.17, 15) is 4.79 Å². The van der Waals surface area contributed by atoms with Gasteiger partial charge in [0, 0.05) is 6.54 Å². The third-order valence-corrected chi connectivity index (χ3v) is 1.71. The van der Waals surface area contributed by atoms with Crippen molar-refractivity contribution in [1.82, 2.24) is 10.4 Å². The van der Waals surface area contributed by atoms with Gasteiger partial charge in [-0.3, -0.25) is 9.63 Å². The van der Waals surface area contributed by atoms with Crippen LogP contribution < -0.4 is 5.32 Å². The minimum absolute atomic E-state index is 0.0341. The maximum absolute atomic E-state index is 11.2. The lowest BCUT2D eigenvalue weighted by molar-refractivity contribution is -0.161. The van der Waals surface area contributed by atoms with Crippen molar-refractivity contribution in [2.24, 2.45) is 5.92 Å². The number of nitrogens with one attached hydrogen (secondary N) is 1. The van der Waals surface area contributed by atoms with Gasteiger partial charge in [0.05, 0.1) is 19.1 Å². The van der Waals surface area contributed by atoms with Gasteiger partial charge in [0.15, 0.2) is 0 Å². The summed E-state index contributed by atoms with van der Waals surface area (Å²) in [4.78, 5) is 16.3. The lowest BCUT2D eigenvalue weighted by Crippen LogP contribution is -2.31. The summed E-state index contributed by atoms with van der Waals surface area (Å²) in [5, 5.41) is 4.39. The lowest BCUT2D eigenvalue weighted by atomic mass is 10.2. The van der Waals surface area contributed by atoms with Gasteiger partial charge in [0.25, 0.3) is 5.91 Å². The maximum atomic E-state index is 11.2. The third-order valence-electron chi connectivity index (χ3n) is 1.71. The first-order valence-electron chi connectivity index (χ1n) is 3.84. The number of likely N-dealkylation sites (N-methyl/N-ethyl adjacent to an activating group) is 1. The van der Waals surface area contributed by atoms with Crippen molar-refractivity contribution in [1.29, 1.82) is 0 Å². The Bertz CT molecular complexity index is 149. The Hall–Kier alpha value is -0.610. The highest BCUT2D eigenvalue weighted by atomic mass is 16.7. The van der Waals surface area contributed by atoms with Crippen molar-refractivity contribution in [3.63, 3.8) is 0 Å². The van der Waals surface area contributed by atoms with Crippen LogP contribution in [0.4, 0.5) is 0 Å². The van der Waals surface area contributed by atoms with Crippen LogP contribution in [-0.4, -0.2) is 37.7 Å². The molecule has 1 atom stereocenters. The number of nitrogens with zero attached hydrogens (tertiary/aromatic N) is 1. The first-order valence-corrected chi connectivity index (χ1v) is 3.84. The molecule has 0 aromatic rings. The third kappa shape index (κ3) is 1.91. The summed E-state index contributed by atoms with van der Waals surface area (Å²) in [6.07, 6.45) is 0. The number of hydrogen-bond acceptors (Lipinski definition) is 3. The predicted octanol–water partition coefficient (Wildman–Crippen LogP) is -0.384. The molecule has 1 heterocycles. The molecule has 1 amide bonds. The number of carbonyl (C=O) groups excluding carboxylic acids is 1. The van der Waals surface area contributed by atoms with Crippen molar-refractivity contribution < 1.29 is 9.63 Å². The molecule has 0 saturated carbocycles. The van der Waals surface area contributed by atoms with Gasteiger partial charge in [0.1, 0.15) is 0 Å². The molecule has 1 N–H and O–H groups in total. The van der Waals surface area contributed by atoms with Crippen LogP contribution in [0.25, 0.3) is 0 Å². The molecule has 0 aromatic heterocycles. The zero-order valence-corrected chi connectivity index (χ0v) is 6.96. The fourth-order valence-electron chi connectivity index (χ4n) is 0.971. The summed E-state index contributed by atoms with van der Waals surface area (Å²) in [6.45, 7) is 3.82. The monoisotopic (exact) mass is 158 g/mol. The van der Waals surface area contributed by atoms with Crippen LogP contribution in [0.15, 0.2) is 0 Å². The Labute approximate surface area is 66.5 Å². The Morgan fingerprint density at radius 2 is 2.55 bits per heavy atom. The highest BCUT2D eigenvalue weighted by molar-refractivity contribution is 5.78. The van der Waals surface area contributed by atoms with Crippen molar-refractivity contribution in [2.45, 2.75) is 6.92 Å². The zero-order valence-electron chi connectivity index (χ0n) is 6.96. The van der Waals surface area contributed by atoms with E-state index >= 15 is 0 Å². The fraction of sp³-hybridized carbons (Fsp3) is 0.857. The molecule has 64 valence electrons. The van der Waals surface area contributed by atoms with Gasteiger partial charge in [-0.1, -0.05) is 6.92 Å². The van der Waals surface area contributed by atoms with Gasteiger partial charge in [0.2, 0.25) is 0 Å². The second-order valence-electron chi connectivity index (χ2n) is 2.74. The average Bonchev–Trinajstić information content (AvgIpc) is 2.31. The minimum atomic E-state index is 0.0341. The largest absolute Gasteiger partial charge is 0.318 e. The summed E-state index contributed by atoms with van der Waals surface area (Å²) in [6, 6.07) is 0. The van der Waals surface area contributed by atoms with Crippen LogP contribution in [0, 0.1) is 5.92 Å². The number of hydrogen-bond donors (Lipinski definition) is 1. The van der Waals surface area contributed by atoms with E-state index in [4.69, 9.17) is 4.84 Å². The smallest absolute Gasteiger partial charge is 0.251 e. The predicted molar refractivity (Wildman–Crippen MR) is 40.8 cm³/mol. The number of carbonyl (C=O) groups is 1. The zero-order chi connectivity index (χ0) is 8.27. The molecule has 1 rings (SSSR count). The molecule has 0 bridgehead atoms. The second kappa shape index (κ2) is 3.69. The van der Waals surface area contributed by atoms with Crippen molar-refractivity contribution in [2.75, 3.05) is 26.7 Å². The molecule has 1 aliphatic rings. The Kier molecular flexibility index (Phi) is 2.84. The lowest BCUT2D eigenvalue weighted by Gasteiger charge is -2.12. The summed E-state index contributed by atoms with van der Waals surface area (Å²) in [5.74, 6) is 0.132. The first-order chi connectivity index (χ1) is 5.25. The molecule has 0 spiro atoms. The van der Waals surface area contributed by atoms with E-state index in [0.29, 0.717) is 13.2 Å². The average molecular weight is 158 g/mol. The molecule has 0 radical (unpaired) electrons. The Morgan fingerprint density at radius 3 is 3.00 bits per heavy atom. The van der Waals surface area contributed by atoms with Crippen molar-refractivity contribution >= 4 is 5.91 Å². The normalized spacial score (nSPS) is 24.7.